The van der Waals surface area contributed by atoms with Gasteiger partial charge in [-0.05, 0) is 37.3 Å². The van der Waals surface area contributed by atoms with Crippen LogP contribution in [0.4, 0.5) is 5.69 Å². The average Bonchev–Trinajstić information content (AvgIpc) is 3.13. The van der Waals surface area contributed by atoms with Gasteiger partial charge in [0.1, 0.15) is 0 Å². The normalized spacial score (nSPS) is 15.3. The summed E-state index contributed by atoms with van der Waals surface area (Å²) in [5.74, 6) is -0.432. The van der Waals surface area contributed by atoms with Crippen molar-refractivity contribution in [1.29, 1.82) is 0 Å². The van der Waals surface area contributed by atoms with Crippen molar-refractivity contribution in [3.63, 3.8) is 0 Å². The highest BCUT2D eigenvalue weighted by Gasteiger charge is 2.26. The van der Waals surface area contributed by atoms with E-state index in [2.05, 4.69) is 4.99 Å². The molecule has 1 aliphatic rings. The fraction of sp³-hybridized carbons (Fsp3) is 0.125. The van der Waals surface area contributed by atoms with Gasteiger partial charge in [-0.3, -0.25) is 10.1 Å². The van der Waals surface area contributed by atoms with Gasteiger partial charge in [0.05, 0.1) is 12.0 Å². The van der Waals surface area contributed by atoms with Crippen molar-refractivity contribution in [3.05, 3.63) is 61.5 Å². The molecule has 7 nitrogen and oxygen atoms in total. The zero-order valence-electron chi connectivity index (χ0n) is 12.8. The van der Waals surface area contributed by atoms with Gasteiger partial charge < -0.3 is 9.47 Å². The van der Waals surface area contributed by atoms with Gasteiger partial charge in [0.15, 0.2) is 11.4 Å². The maximum absolute atomic E-state index is 12.0. The molecule has 3 rings (SSSR count). The van der Waals surface area contributed by atoms with Crippen molar-refractivity contribution in [3.8, 4) is 5.75 Å². The van der Waals surface area contributed by atoms with Crippen LogP contribution in [-0.2, 0) is 9.53 Å². The van der Waals surface area contributed by atoms with Crippen LogP contribution in [0, 0.1) is 17.0 Å². The van der Waals surface area contributed by atoms with E-state index in [0.717, 1.165) is 9.75 Å². The number of esters is 1. The first-order valence-corrected chi connectivity index (χ1v) is 7.71. The highest BCUT2D eigenvalue weighted by Crippen LogP contribution is 2.29. The van der Waals surface area contributed by atoms with Gasteiger partial charge in [-0.2, -0.15) is 0 Å². The zero-order valence-corrected chi connectivity index (χ0v) is 13.6. The number of benzene rings is 1. The third kappa shape index (κ3) is 3.04. The molecule has 2 heterocycles. The molecular formula is C16H12N2O5S. The fourth-order valence-electron chi connectivity index (χ4n) is 2.16. The number of aliphatic imine (C=N–C) groups is 1. The summed E-state index contributed by atoms with van der Waals surface area (Å²) in [5, 5.41) is 11.1. The second kappa shape index (κ2) is 6.25. The SMILES string of the molecule is COc1ccc(C2=N/C(=C\c3ccc(C)s3)C(=O)O2)cc1[N+](=O)[O-]. The molecule has 0 atom stereocenters. The molecule has 8 heteroatoms. The van der Waals surface area contributed by atoms with Crippen molar-refractivity contribution in [2.45, 2.75) is 6.92 Å². The number of nitro groups is 1. The van der Waals surface area contributed by atoms with Crippen LogP contribution in [-0.4, -0.2) is 23.9 Å². The number of nitro benzene ring substituents is 1. The topological polar surface area (TPSA) is 91.0 Å². The largest absolute Gasteiger partial charge is 0.490 e. The first kappa shape index (κ1) is 15.9. The van der Waals surface area contributed by atoms with E-state index in [0.29, 0.717) is 5.56 Å². The molecule has 0 fully saturated rings. The van der Waals surface area contributed by atoms with E-state index in [9.17, 15) is 14.9 Å². The Balaban J connectivity index is 1.97. The Bertz CT molecular complexity index is 898. The molecular weight excluding hydrogens is 332 g/mol. The smallest absolute Gasteiger partial charge is 0.363 e. The molecule has 0 saturated carbocycles. The predicted molar refractivity (Wildman–Crippen MR) is 89.3 cm³/mol. The third-order valence-electron chi connectivity index (χ3n) is 3.28. The number of methoxy groups -OCH3 is 1. The number of thiophene rings is 1. The number of cyclic esters (lactones) is 1. The van der Waals surface area contributed by atoms with Crippen LogP contribution in [0.2, 0.25) is 0 Å². The minimum absolute atomic E-state index is 0.0327. The highest BCUT2D eigenvalue weighted by atomic mass is 32.1. The van der Waals surface area contributed by atoms with Gasteiger partial charge in [-0.1, -0.05) is 0 Å². The standard InChI is InChI=1S/C16H12N2O5S/c1-9-3-5-11(24-9)8-12-16(19)23-15(17-12)10-4-6-14(22-2)13(7-10)18(20)21/h3-8H,1-2H3/b12-8-. The van der Waals surface area contributed by atoms with Gasteiger partial charge in [-0.25, -0.2) is 9.79 Å². The molecule has 0 spiro atoms. The van der Waals surface area contributed by atoms with E-state index in [1.54, 1.807) is 12.1 Å². The second-order valence-corrected chi connectivity index (χ2v) is 6.25. The molecule has 1 aliphatic heterocycles. The Kier molecular flexibility index (Phi) is 4.13. The van der Waals surface area contributed by atoms with E-state index in [1.165, 1.54) is 30.6 Å². The van der Waals surface area contributed by atoms with Crippen LogP contribution in [0.5, 0.6) is 5.75 Å². The number of hydrogen-bond donors (Lipinski definition) is 0. The Morgan fingerprint density at radius 3 is 2.75 bits per heavy atom. The Hall–Kier alpha value is -3.00. The number of nitrogens with zero attached hydrogens (tertiary/aromatic N) is 2. The summed E-state index contributed by atoms with van der Waals surface area (Å²) in [7, 11) is 1.35. The van der Waals surface area contributed by atoms with Crippen LogP contribution in [0.3, 0.4) is 0 Å². The lowest BCUT2D eigenvalue weighted by Crippen LogP contribution is -2.06. The van der Waals surface area contributed by atoms with Crippen molar-refractivity contribution in [2.24, 2.45) is 4.99 Å². The third-order valence-corrected chi connectivity index (χ3v) is 4.23. The van der Waals surface area contributed by atoms with Crippen LogP contribution in [0.25, 0.3) is 6.08 Å². The minimum atomic E-state index is -0.588. The summed E-state index contributed by atoms with van der Waals surface area (Å²) in [6, 6.07) is 8.08. The van der Waals surface area contributed by atoms with Crippen LogP contribution in [0.15, 0.2) is 41.0 Å². The van der Waals surface area contributed by atoms with Gasteiger partial charge in [0.2, 0.25) is 5.90 Å². The number of carbonyl (C=O) groups is 1. The molecule has 0 bridgehead atoms. The first-order valence-electron chi connectivity index (χ1n) is 6.90. The summed E-state index contributed by atoms with van der Waals surface area (Å²) in [5.41, 5.74) is 0.270. The lowest BCUT2D eigenvalue weighted by molar-refractivity contribution is -0.385. The Labute approximate surface area is 141 Å². The summed E-state index contributed by atoms with van der Waals surface area (Å²) in [4.78, 5) is 28.6. The summed E-state index contributed by atoms with van der Waals surface area (Å²) in [6.45, 7) is 1.96. The first-order chi connectivity index (χ1) is 11.5. The maximum Gasteiger partial charge on any atom is 0.363 e. The lowest BCUT2D eigenvalue weighted by atomic mass is 10.2. The quantitative estimate of drug-likeness (QED) is 0.367. The van der Waals surface area contributed by atoms with Crippen LogP contribution in [0.1, 0.15) is 15.3 Å². The van der Waals surface area contributed by atoms with E-state index in [1.807, 2.05) is 19.1 Å². The number of rotatable bonds is 4. The molecule has 0 radical (unpaired) electrons. The monoisotopic (exact) mass is 344 g/mol. The number of hydrogen-bond acceptors (Lipinski definition) is 7. The van der Waals surface area contributed by atoms with Gasteiger partial charge in [0, 0.05) is 21.4 Å². The van der Waals surface area contributed by atoms with Crippen molar-refractivity contribution in [1.82, 2.24) is 0 Å². The van der Waals surface area contributed by atoms with E-state index in [4.69, 9.17) is 9.47 Å². The molecule has 122 valence electrons. The summed E-state index contributed by atoms with van der Waals surface area (Å²) < 4.78 is 10.1. The molecule has 0 saturated heterocycles. The predicted octanol–water partition coefficient (Wildman–Crippen LogP) is 3.32. The van der Waals surface area contributed by atoms with Gasteiger partial charge in [-0.15, -0.1) is 11.3 Å². The van der Waals surface area contributed by atoms with Crippen LogP contribution < -0.4 is 4.74 Å². The molecule has 0 unspecified atom stereocenters. The molecule has 0 N–H and O–H groups in total. The van der Waals surface area contributed by atoms with Crippen molar-refractivity contribution in [2.75, 3.05) is 7.11 Å². The number of ether oxygens (including phenoxy) is 2. The summed E-state index contributed by atoms with van der Waals surface area (Å²) in [6.07, 6.45) is 1.63. The Morgan fingerprint density at radius 2 is 2.12 bits per heavy atom. The van der Waals surface area contributed by atoms with Gasteiger partial charge in [0.25, 0.3) is 0 Å². The number of carbonyl (C=O) groups excluding carboxylic acids is 1. The fourth-order valence-corrected chi connectivity index (χ4v) is 2.98. The zero-order chi connectivity index (χ0) is 17.3. The number of aryl methyl sites for hydroxylation is 1. The van der Waals surface area contributed by atoms with E-state index >= 15 is 0 Å². The van der Waals surface area contributed by atoms with E-state index in [-0.39, 0.29) is 23.0 Å². The Morgan fingerprint density at radius 1 is 1.33 bits per heavy atom. The lowest BCUT2D eigenvalue weighted by Gasteiger charge is -2.03. The maximum atomic E-state index is 12.0. The molecule has 24 heavy (non-hydrogen) atoms. The molecule has 0 aliphatic carbocycles. The van der Waals surface area contributed by atoms with Crippen LogP contribution >= 0.6 is 11.3 Å². The van der Waals surface area contributed by atoms with Crippen molar-refractivity contribution < 1.29 is 19.2 Å². The highest BCUT2D eigenvalue weighted by molar-refractivity contribution is 7.12. The molecule has 2 aromatic rings. The molecule has 0 amide bonds. The summed E-state index contributed by atoms with van der Waals surface area (Å²) >= 11 is 1.53. The van der Waals surface area contributed by atoms with E-state index < -0.39 is 10.9 Å². The van der Waals surface area contributed by atoms with Gasteiger partial charge >= 0.3 is 11.7 Å². The second-order valence-electron chi connectivity index (χ2n) is 4.93. The average molecular weight is 344 g/mol. The molecule has 1 aromatic carbocycles. The molecule has 1 aromatic heterocycles. The minimum Gasteiger partial charge on any atom is -0.490 e. The van der Waals surface area contributed by atoms with Crippen molar-refractivity contribution >= 4 is 35.0 Å².